The van der Waals surface area contributed by atoms with Crippen LogP contribution in [-0.4, -0.2) is 12.5 Å². The van der Waals surface area contributed by atoms with Crippen molar-refractivity contribution in [2.45, 2.75) is 25.7 Å². The molecule has 0 aromatic heterocycles. The molecule has 18 heavy (non-hydrogen) atoms. The van der Waals surface area contributed by atoms with Crippen LogP contribution in [0.5, 0.6) is 0 Å². The molecule has 1 aromatic carbocycles. The van der Waals surface area contributed by atoms with E-state index in [0.29, 0.717) is 5.56 Å². The number of fused-ring (bicyclic) bond motifs is 2. The van der Waals surface area contributed by atoms with Gasteiger partial charge in [0.15, 0.2) is 0 Å². The first-order valence-corrected chi connectivity index (χ1v) is 6.86. The van der Waals surface area contributed by atoms with Gasteiger partial charge in [0.2, 0.25) is 5.91 Å². The Balaban J connectivity index is 1.60. The third-order valence-corrected chi connectivity index (χ3v) is 4.60. The maximum atomic E-state index is 11.1. The molecule has 2 fully saturated rings. The normalized spacial score (nSPS) is 29.4. The Morgan fingerprint density at radius 3 is 2.89 bits per heavy atom. The number of carbonyl (C=O) groups excluding carboxylic acids is 1. The molecule has 3 rings (SSSR count). The van der Waals surface area contributed by atoms with Crippen molar-refractivity contribution in [1.29, 1.82) is 0 Å². The van der Waals surface area contributed by atoms with E-state index in [1.807, 2.05) is 18.2 Å². The third kappa shape index (κ3) is 2.22. The molecule has 0 spiro atoms. The first-order chi connectivity index (χ1) is 8.72. The zero-order valence-corrected chi connectivity index (χ0v) is 10.6. The summed E-state index contributed by atoms with van der Waals surface area (Å²) < 4.78 is 0. The monoisotopic (exact) mass is 244 g/mol. The van der Waals surface area contributed by atoms with Crippen molar-refractivity contribution in [3.8, 4) is 0 Å². The molecule has 2 aliphatic carbocycles. The van der Waals surface area contributed by atoms with Gasteiger partial charge in [0.25, 0.3) is 0 Å². The number of nitrogens with one attached hydrogen (secondary N) is 1. The first-order valence-electron chi connectivity index (χ1n) is 6.86. The van der Waals surface area contributed by atoms with Gasteiger partial charge in [-0.15, -0.1) is 0 Å². The van der Waals surface area contributed by atoms with Gasteiger partial charge in [-0.25, -0.2) is 0 Å². The Morgan fingerprint density at radius 2 is 2.22 bits per heavy atom. The fourth-order valence-corrected chi connectivity index (χ4v) is 3.66. The second-order valence-corrected chi connectivity index (χ2v) is 5.76. The van der Waals surface area contributed by atoms with Crippen molar-refractivity contribution < 1.29 is 4.79 Å². The lowest BCUT2D eigenvalue weighted by Crippen LogP contribution is -2.20. The maximum Gasteiger partial charge on any atom is 0.248 e. The minimum Gasteiger partial charge on any atom is -0.385 e. The van der Waals surface area contributed by atoms with Crippen molar-refractivity contribution in [3.05, 3.63) is 29.8 Å². The summed E-state index contributed by atoms with van der Waals surface area (Å²) in [5.74, 6) is 2.38. The van der Waals surface area contributed by atoms with E-state index in [-0.39, 0.29) is 5.91 Å². The second kappa shape index (κ2) is 4.63. The van der Waals surface area contributed by atoms with E-state index in [2.05, 4.69) is 5.32 Å². The van der Waals surface area contributed by atoms with Gasteiger partial charge in [-0.05, 0) is 55.2 Å². The summed E-state index contributed by atoms with van der Waals surface area (Å²) in [6.45, 7) is 1.03. The van der Waals surface area contributed by atoms with Crippen LogP contribution in [0.1, 0.15) is 36.0 Å². The van der Waals surface area contributed by atoms with Gasteiger partial charge in [0, 0.05) is 17.8 Å². The number of carbonyl (C=O) groups is 1. The highest BCUT2D eigenvalue weighted by Gasteiger charge is 2.38. The lowest BCUT2D eigenvalue weighted by atomic mass is 9.89. The molecule has 3 unspecified atom stereocenters. The van der Waals surface area contributed by atoms with E-state index in [0.717, 1.165) is 30.0 Å². The molecule has 1 aromatic rings. The Kier molecular flexibility index (Phi) is 2.98. The van der Waals surface area contributed by atoms with E-state index < -0.39 is 0 Å². The van der Waals surface area contributed by atoms with Crippen LogP contribution >= 0.6 is 0 Å². The predicted molar refractivity (Wildman–Crippen MR) is 72.4 cm³/mol. The van der Waals surface area contributed by atoms with Crippen LogP contribution in [0.25, 0.3) is 0 Å². The summed E-state index contributed by atoms with van der Waals surface area (Å²) in [4.78, 5) is 11.1. The van der Waals surface area contributed by atoms with Gasteiger partial charge < -0.3 is 11.1 Å². The van der Waals surface area contributed by atoms with Crippen LogP contribution in [0.15, 0.2) is 24.3 Å². The second-order valence-electron chi connectivity index (χ2n) is 5.76. The average molecular weight is 244 g/mol. The zero-order valence-electron chi connectivity index (χ0n) is 10.6. The van der Waals surface area contributed by atoms with Crippen molar-refractivity contribution >= 4 is 11.6 Å². The van der Waals surface area contributed by atoms with E-state index in [9.17, 15) is 4.79 Å². The number of amides is 1. The number of anilines is 1. The third-order valence-electron chi connectivity index (χ3n) is 4.60. The Hall–Kier alpha value is -1.51. The number of rotatable bonds is 4. The standard InChI is InChI=1S/C15H20N2O/c16-15(18)12-2-1-3-14(8-12)17-9-13-7-10-4-5-11(13)6-10/h1-3,8,10-11,13,17H,4-7,9H2,(H2,16,18). The Labute approximate surface area is 108 Å². The lowest BCUT2D eigenvalue weighted by molar-refractivity contribution is 0.100. The average Bonchev–Trinajstić information content (AvgIpc) is 2.99. The molecule has 3 nitrogen and oxygen atoms in total. The topological polar surface area (TPSA) is 55.1 Å². The van der Waals surface area contributed by atoms with E-state index in [1.165, 1.54) is 25.7 Å². The minimum atomic E-state index is -0.362. The highest BCUT2D eigenvalue weighted by atomic mass is 16.1. The smallest absolute Gasteiger partial charge is 0.248 e. The van der Waals surface area contributed by atoms with Crippen molar-refractivity contribution in [2.24, 2.45) is 23.5 Å². The van der Waals surface area contributed by atoms with Gasteiger partial charge in [-0.1, -0.05) is 12.5 Å². The predicted octanol–water partition coefficient (Wildman–Crippen LogP) is 2.63. The van der Waals surface area contributed by atoms with Crippen LogP contribution in [0, 0.1) is 17.8 Å². The fraction of sp³-hybridized carbons (Fsp3) is 0.533. The molecule has 2 aliphatic rings. The number of primary amides is 1. The summed E-state index contributed by atoms with van der Waals surface area (Å²) in [6, 6.07) is 7.48. The lowest BCUT2D eigenvalue weighted by Gasteiger charge is -2.22. The highest BCUT2D eigenvalue weighted by Crippen LogP contribution is 2.48. The molecule has 1 amide bonds. The van der Waals surface area contributed by atoms with Gasteiger partial charge >= 0.3 is 0 Å². The first kappa shape index (κ1) is 11.6. The number of hydrogen-bond acceptors (Lipinski definition) is 2. The summed E-state index contributed by atoms with van der Waals surface area (Å²) in [6.07, 6.45) is 5.68. The number of benzene rings is 1. The van der Waals surface area contributed by atoms with Gasteiger partial charge in [0.1, 0.15) is 0 Å². The summed E-state index contributed by atoms with van der Waals surface area (Å²) in [5.41, 5.74) is 6.87. The maximum absolute atomic E-state index is 11.1. The largest absolute Gasteiger partial charge is 0.385 e. The Morgan fingerprint density at radius 1 is 1.33 bits per heavy atom. The molecular formula is C15H20N2O. The quantitative estimate of drug-likeness (QED) is 0.855. The molecule has 3 N–H and O–H groups in total. The number of hydrogen-bond donors (Lipinski definition) is 2. The van der Waals surface area contributed by atoms with Crippen LogP contribution in [0.2, 0.25) is 0 Å². The van der Waals surface area contributed by atoms with Crippen LogP contribution in [-0.2, 0) is 0 Å². The van der Waals surface area contributed by atoms with E-state index in [4.69, 9.17) is 5.73 Å². The molecule has 2 saturated carbocycles. The van der Waals surface area contributed by atoms with Crippen molar-refractivity contribution in [2.75, 3.05) is 11.9 Å². The van der Waals surface area contributed by atoms with Crippen LogP contribution in [0.4, 0.5) is 5.69 Å². The van der Waals surface area contributed by atoms with Crippen LogP contribution in [0.3, 0.4) is 0 Å². The summed E-state index contributed by atoms with van der Waals surface area (Å²) >= 11 is 0. The summed E-state index contributed by atoms with van der Waals surface area (Å²) in [5, 5.41) is 3.46. The Bertz CT molecular complexity index is 458. The van der Waals surface area contributed by atoms with Gasteiger partial charge in [-0.2, -0.15) is 0 Å². The van der Waals surface area contributed by atoms with Gasteiger partial charge in [0.05, 0.1) is 0 Å². The minimum absolute atomic E-state index is 0.362. The highest BCUT2D eigenvalue weighted by molar-refractivity contribution is 5.93. The zero-order chi connectivity index (χ0) is 12.5. The molecule has 96 valence electrons. The SMILES string of the molecule is NC(=O)c1cccc(NCC2CC3CCC2C3)c1. The summed E-state index contributed by atoms with van der Waals surface area (Å²) in [7, 11) is 0. The fourth-order valence-electron chi connectivity index (χ4n) is 3.66. The van der Waals surface area contributed by atoms with Crippen molar-refractivity contribution in [1.82, 2.24) is 0 Å². The number of nitrogens with two attached hydrogens (primary N) is 1. The van der Waals surface area contributed by atoms with Gasteiger partial charge in [-0.3, -0.25) is 4.79 Å². The molecule has 3 atom stereocenters. The molecular weight excluding hydrogens is 224 g/mol. The molecule has 3 heteroatoms. The molecule has 0 radical (unpaired) electrons. The van der Waals surface area contributed by atoms with E-state index in [1.54, 1.807) is 6.07 Å². The molecule has 0 aliphatic heterocycles. The van der Waals surface area contributed by atoms with Crippen LogP contribution < -0.4 is 11.1 Å². The van der Waals surface area contributed by atoms with Crippen molar-refractivity contribution in [3.63, 3.8) is 0 Å². The van der Waals surface area contributed by atoms with E-state index >= 15 is 0 Å². The molecule has 0 saturated heterocycles. The molecule has 0 heterocycles. The molecule has 2 bridgehead atoms.